The van der Waals surface area contributed by atoms with Crippen LogP contribution in [-0.2, 0) is 0 Å². The molecule has 34 heavy (non-hydrogen) atoms. The lowest BCUT2D eigenvalue weighted by atomic mass is 10.2. The van der Waals surface area contributed by atoms with Gasteiger partial charge in [-0.15, -0.1) is 0 Å². The highest BCUT2D eigenvalue weighted by Gasteiger charge is 2.16. The van der Waals surface area contributed by atoms with E-state index in [1.54, 1.807) is 30.3 Å². The number of methoxy groups -OCH3 is 2. The molecule has 0 fully saturated rings. The Morgan fingerprint density at radius 2 is 1.53 bits per heavy atom. The minimum Gasteiger partial charge on any atom is -0.497 e. The van der Waals surface area contributed by atoms with Crippen molar-refractivity contribution in [2.24, 2.45) is 0 Å². The molecule has 8 heteroatoms. The number of ether oxygens (including phenoxy) is 2. The molecule has 0 aliphatic rings. The molecule has 0 atom stereocenters. The molecule has 3 aromatic rings. The van der Waals surface area contributed by atoms with Crippen molar-refractivity contribution >= 4 is 23.3 Å². The summed E-state index contributed by atoms with van der Waals surface area (Å²) in [6.45, 7) is 2.60. The summed E-state index contributed by atoms with van der Waals surface area (Å²) in [6, 6.07) is 17.7. The Labute approximate surface area is 198 Å². The van der Waals surface area contributed by atoms with Crippen LogP contribution in [0, 0.1) is 12.7 Å². The Morgan fingerprint density at radius 3 is 2.12 bits per heavy atom. The number of hydrogen-bond acceptors (Lipinski definition) is 4. The summed E-state index contributed by atoms with van der Waals surface area (Å²) < 4.78 is 23.8. The molecule has 0 unspecified atom stereocenters. The van der Waals surface area contributed by atoms with Crippen molar-refractivity contribution in [1.82, 2.24) is 5.32 Å². The lowest BCUT2D eigenvalue weighted by Gasteiger charge is -2.23. The number of hydrogen-bond donors (Lipinski definition) is 2. The summed E-state index contributed by atoms with van der Waals surface area (Å²) in [5, 5.41) is 5.71. The molecule has 3 aromatic carbocycles. The van der Waals surface area contributed by atoms with Crippen LogP contribution in [0.25, 0.3) is 0 Å². The van der Waals surface area contributed by atoms with Gasteiger partial charge in [0.05, 0.1) is 14.2 Å². The second-order valence-electron chi connectivity index (χ2n) is 7.64. The van der Waals surface area contributed by atoms with Crippen LogP contribution in [0.1, 0.15) is 22.3 Å². The average molecular weight is 466 g/mol. The van der Waals surface area contributed by atoms with Gasteiger partial charge in [0.25, 0.3) is 5.91 Å². The molecule has 0 saturated heterocycles. The van der Waals surface area contributed by atoms with Crippen molar-refractivity contribution in [3.63, 3.8) is 0 Å². The zero-order chi connectivity index (χ0) is 24.5. The van der Waals surface area contributed by atoms with Gasteiger partial charge in [-0.05, 0) is 61.9 Å². The monoisotopic (exact) mass is 465 g/mol. The lowest BCUT2D eigenvalue weighted by Crippen LogP contribution is -2.37. The van der Waals surface area contributed by atoms with Crippen LogP contribution >= 0.6 is 0 Å². The number of benzene rings is 3. The Kier molecular flexibility index (Phi) is 8.45. The third kappa shape index (κ3) is 6.71. The number of halogens is 1. The van der Waals surface area contributed by atoms with Gasteiger partial charge in [0.1, 0.15) is 17.3 Å². The molecule has 0 saturated carbocycles. The van der Waals surface area contributed by atoms with Gasteiger partial charge in [-0.25, -0.2) is 9.18 Å². The van der Waals surface area contributed by atoms with E-state index in [1.165, 1.54) is 31.3 Å². The van der Waals surface area contributed by atoms with Crippen LogP contribution in [0.5, 0.6) is 11.5 Å². The maximum absolute atomic E-state index is 13.4. The molecule has 0 spiro atoms. The van der Waals surface area contributed by atoms with Gasteiger partial charge in [0.15, 0.2) is 0 Å². The number of aryl methyl sites for hydroxylation is 1. The summed E-state index contributed by atoms with van der Waals surface area (Å²) in [7, 11) is 3.03. The molecule has 0 radical (unpaired) electrons. The zero-order valence-electron chi connectivity index (χ0n) is 19.4. The number of anilines is 2. The molecule has 0 bridgehead atoms. The van der Waals surface area contributed by atoms with E-state index >= 15 is 0 Å². The van der Waals surface area contributed by atoms with Crippen molar-refractivity contribution in [2.45, 2.75) is 13.3 Å². The van der Waals surface area contributed by atoms with Gasteiger partial charge in [0, 0.05) is 36.1 Å². The number of carbonyl (C=O) groups is 2. The lowest BCUT2D eigenvalue weighted by molar-refractivity contribution is 0.0952. The van der Waals surface area contributed by atoms with Gasteiger partial charge < -0.3 is 20.1 Å². The molecule has 2 N–H and O–H groups in total. The van der Waals surface area contributed by atoms with Crippen molar-refractivity contribution in [2.75, 3.05) is 37.5 Å². The second-order valence-corrected chi connectivity index (χ2v) is 7.64. The van der Waals surface area contributed by atoms with Crippen molar-refractivity contribution < 1.29 is 23.5 Å². The molecule has 0 aliphatic heterocycles. The van der Waals surface area contributed by atoms with Gasteiger partial charge in [0.2, 0.25) is 0 Å². The number of amides is 3. The molecular formula is C26H28FN3O4. The van der Waals surface area contributed by atoms with E-state index in [0.717, 1.165) is 5.56 Å². The van der Waals surface area contributed by atoms with E-state index in [4.69, 9.17) is 9.47 Å². The largest absolute Gasteiger partial charge is 0.497 e. The molecule has 3 rings (SSSR count). The van der Waals surface area contributed by atoms with Crippen LogP contribution in [-0.4, -0.2) is 39.2 Å². The van der Waals surface area contributed by atoms with Crippen molar-refractivity contribution in [3.05, 3.63) is 83.7 Å². The van der Waals surface area contributed by atoms with Crippen molar-refractivity contribution in [3.8, 4) is 11.5 Å². The van der Waals surface area contributed by atoms with Crippen LogP contribution < -0.4 is 25.0 Å². The fourth-order valence-electron chi connectivity index (χ4n) is 3.28. The fraction of sp³-hybridized carbons (Fsp3) is 0.231. The molecule has 7 nitrogen and oxygen atoms in total. The van der Waals surface area contributed by atoms with Gasteiger partial charge in [-0.1, -0.05) is 17.7 Å². The Hall–Kier alpha value is -4.07. The van der Waals surface area contributed by atoms with E-state index in [-0.39, 0.29) is 17.8 Å². The first-order valence-corrected chi connectivity index (χ1v) is 10.8. The standard InChI is InChI=1S/C26H28FN3O4/c1-18-5-9-21(10-6-18)29-26(32)30(22-11-7-20(27)8-12-22)14-4-13-28-25(31)19-15-23(33-2)17-24(16-19)34-3/h5-12,15-17H,4,13-14H2,1-3H3,(H,28,31)(H,29,32). The Bertz CT molecular complexity index is 1100. The van der Waals surface area contributed by atoms with Crippen LogP contribution in [0.3, 0.4) is 0 Å². The van der Waals surface area contributed by atoms with E-state index in [1.807, 2.05) is 31.2 Å². The Morgan fingerprint density at radius 1 is 0.912 bits per heavy atom. The van der Waals surface area contributed by atoms with Crippen LogP contribution in [0.15, 0.2) is 66.7 Å². The molecule has 0 aromatic heterocycles. The smallest absolute Gasteiger partial charge is 0.326 e. The highest BCUT2D eigenvalue weighted by molar-refractivity contribution is 6.01. The minimum atomic E-state index is -0.386. The summed E-state index contributed by atoms with van der Waals surface area (Å²) in [5.41, 5.74) is 2.69. The van der Waals surface area contributed by atoms with E-state index in [0.29, 0.717) is 47.9 Å². The number of nitrogens with zero attached hydrogens (tertiary/aromatic N) is 1. The third-order valence-electron chi connectivity index (χ3n) is 5.14. The maximum Gasteiger partial charge on any atom is 0.326 e. The predicted molar refractivity (Wildman–Crippen MR) is 130 cm³/mol. The van der Waals surface area contributed by atoms with Crippen LogP contribution in [0.2, 0.25) is 0 Å². The fourth-order valence-corrected chi connectivity index (χ4v) is 3.28. The summed E-state index contributed by atoms with van der Waals surface area (Å²) in [5.74, 6) is 0.359. The number of rotatable bonds is 9. The zero-order valence-corrected chi connectivity index (χ0v) is 19.4. The topological polar surface area (TPSA) is 79.9 Å². The van der Waals surface area contributed by atoms with E-state index in [9.17, 15) is 14.0 Å². The highest BCUT2D eigenvalue weighted by atomic mass is 19.1. The number of carbonyl (C=O) groups excluding carboxylic acids is 2. The van der Waals surface area contributed by atoms with E-state index < -0.39 is 0 Å². The summed E-state index contributed by atoms with van der Waals surface area (Å²) >= 11 is 0. The molecule has 0 heterocycles. The molecule has 178 valence electrons. The SMILES string of the molecule is COc1cc(OC)cc(C(=O)NCCCN(C(=O)Nc2ccc(C)cc2)c2ccc(F)cc2)c1. The molecule has 0 aliphatic carbocycles. The summed E-state index contributed by atoms with van der Waals surface area (Å²) in [6.07, 6.45) is 0.478. The molecular weight excluding hydrogens is 437 g/mol. The number of nitrogens with one attached hydrogen (secondary N) is 2. The first kappa shape index (κ1) is 24.6. The minimum absolute atomic E-state index is 0.283. The number of urea groups is 1. The van der Waals surface area contributed by atoms with Crippen LogP contribution in [0.4, 0.5) is 20.6 Å². The quantitative estimate of drug-likeness (QED) is 0.436. The predicted octanol–water partition coefficient (Wildman–Crippen LogP) is 5.01. The van der Waals surface area contributed by atoms with Gasteiger partial charge >= 0.3 is 6.03 Å². The maximum atomic E-state index is 13.4. The van der Waals surface area contributed by atoms with E-state index in [2.05, 4.69) is 10.6 Å². The first-order chi connectivity index (χ1) is 16.4. The Balaban J connectivity index is 1.63. The third-order valence-corrected chi connectivity index (χ3v) is 5.14. The van der Waals surface area contributed by atoms with Crippen molar-refractivity contribution in [1.29, 1.82) is 0 Å². The van der Waals surface area contributed by atoms with Gasteiger partial charge in [-0.3, -0.25) is 9.69 Å². The summed E-state index contributed by atoms with van der Waals surface area (Å²) in [4.78, 5) is 27.1. The first-order valence-electron chi connectivity index (χ1n) is 10.8. The average Bonchev–Trinajstić information content (AvgIpc) is 2.85. The van der Waals surface area contributed by atoms with Gasteiger partial charge in [-0.2, -0.15) is 0 Å². The second kappa shape index (κ2) is 11.7. The normalized spacial score (nSPS) is 10.4. The highest BCUT2D eigenvalue weighted by Crippen LogP contribution is 2.22. The molecule has 3 amide bonds.